The molecule has 1 saturated carbocycles. The van der Waals surface area contributed by atoms with Crippen molar-refractivity contribution in [2.75, 3.05) is 7.11 Å². The van der Waals surface area contributed by atoms with Crippen LogP contribution in [0.2, 0.25) is 0 Å². The number of hydrogen-bond donors (Lipinski definition) is 2. The van der Waals surface area contributed by atoms with Crippen LogP contribution in [0.25, 0.3) is 0 Å². The van der Waals surface area contributed by atoms with E-state index in [0.717, 1.165) is 5.56 Å². The highest BCUT2D eigenvalue weighted by molar-refractivity contribution is 5.76. The average molecular weight is 346 g/mol. The minimum atomic E-state index is -0.289. The van der Waals surface area contributed by atoms with Crippen molar-refractivity contribution in [2.45, 2.75) is 44.4 Å². The third-order valence-electron chi connectivity index (χ3n) is 4.45. The number of aliphatic hydroxyl groups is 1. The SMILES string of the molecule is COc1cncc([C@@H](NC(=O)CCCn2cnnn2)C2CC(O)C2)c1. The third kappa shape index (κ3) is 4.50. The first-order valence-corrected chi connectivity index (χ1v) is 8.33. The summed E-state index contributed by atoms with van der Waals surface area (Å²) in [5, 5.41) is 23.6. The molecule has 1 fully saturated rings. The molecule has 2 heterocycles. The van der Waals surface area contributed by atoms with Crippen LogP contribution in [0.4, 0.5) is 0 Å². The van der Waals surface area contributed by atoms with Crippen molar-refractivity contribution in [1.82, 2.24) is 30.5 Å². The normalized spacial score (nSPS) is 20.6. The highest BCUT2D eigenvalue weighted by atomic mass is 16.5. The standard InChI is InChI=1S/C16H22N6O3/c1-25-14-7-12(8-17-9-14)16(11-5-13(23)6-11)19-15(24)3-2-4-22-10-18-20-21-22/h7-11,13,16,23H,2-6H2,1H3,(H,19,24)/t11?,13?,16-/m0/s1. The van der Waals surface area contributed by atoms with Gasteiger partial charge in [0.1, 0.15) is 12.1 Å². The summed E-state index contributed by atoms with van der Waals surface area (Å²) in [6, 6.07) is 1.70. The molecule has 0 bridgehead atoms. The molecule has 0 aliphatic heterocycles. The van der Waals surface area contributed by atoms with Gasteiger partial charge in [0, 0.05) is 19.2 Å². The minimum Gasteiger partial charge on any atom is -0.495 e. The number of methoxy groups -OCH3 is 1. The quantitative estimate of drug-likeness (QED) is 0.714. The molecule has 0 saturated heterocycles. The van der Waals surface area contributed by atoms with Crippen LogP contribution >= 0.6 is 0 Å². The van der Waals surface area contributed by atoms with Crippen LogP contribution in [0.5, 0.6) is 5.75 Å². The molecule has 1 atom stereocenters. The van der Waals surface area contributed by atoms with Crippen LogP contribution in [0.1, 0.15) is 37.3 Å². The van der Waals surface area contributed by atoms with Crippen LogP contribution in [0.3, 0.4) is 0 Å². The van der Waals surface area contributed by atoms with Crippen molar-refractivity contribution in [3.63, 3.8) is 0 Å². The van der Waals surface area contributed by atoms with E-state index in [1.165, 1.54) is 6.33 Å². The van der Waals surface area contributed by atoms with E-state index < -0.39 is 0 Å². The number of aromatic nitrogens is 5. The molecule has 1 aliphatic carbocycles. The zero-order valence-corrected chi connectivity index (χ0v) is 14.1. The van der Waals surface area contributed by atoms with E-state index >= 15 is 0 Å². The summed E-state index contributed by atoms with van der Waals surface area (Å²) in [4.78, 5) is 16.5. The lowest BCUT2D eigenvalue weighted by Gasteiger charge is -2.38. The lowest BCUT2D eigenvalue weighted by atomic mass is 9.75. The number of hydrogen-bond acceptors (Lipinski definition) is 7. The van der Waals surface area contributed by atoms with Crippen molar-refractivity contribution >= 4 is 5.91 Å². The second-order valence-electron chi connectivity index (χ2n) is 6.27. The van der Waals surface area contributed by atoms with Crippen LogP contribution < -0.4 is 10.1 Å². The summed E-state index contributed by atoms with van der Waals surface area (Å²) in [5.74, 6) is 0.810. The van der Waals surface area contributed by atoms with E-state index in [1.54, 1.807) is 24.2 Å². The first-order valence-electron chi connectivity index (χ1n) is 8.33. The second-order valence-corrected chi connectivity index (χ2v) is 6.27. The Morgan fingerprint density at radius 2 is 2.32 bits per heavy atom. The fourth-order valence-corrected chi connectivity index (χ4v) is 3.02. The summed E-state index contributed by atoms with van der Waals surface area (Å²) in [7, 11) is 1.58. The number of rotatable bonds is 8. The molecule has 0 unspecified atom stereocenters. The number of amides is 1. The van der Waals surface area contributed by atoms with Gasteiger partial charge in [-0.05, 0) is 47.2 Å². The van der Waals surface area contributed by atoms with Crippen LogP contribution in [-0.4, -0.2) is 49.4 Å². The molecule has 9 nitrogen and oxygen atoms in total. The predicted molar refractivity (Wildman–Crippen MR) is 87.5 cm³/mol. The van der Waals surface area contributed by atoms with Crippen LogP contribution in [0, 0.1) is 5.92 Å². The molecule has 0 spiro atoms. The number of ether oxygens (including phenoxy) is 1. The van der Waals surface area contributed by atoms with E-state index in [-0.39, 0.29) is 24.0 Å². The Bertz CT molecular complexity index is 687. The number of pyridine rings is 1. The molecule has 134 valence electrons. The Kier molecular flexibility index (Phi) is 5.54. The number of aliphatic hydroxyl groups excluding tert-OH is 1. The van der Waals surface area contributed by atoms with Gasteiger partial charge < -0.3 is 15.2 Å². The Morgan fingerprint density at radius 3 is 3.00 bits per heavy atom. The first-order chi connectivity index (χ1) is 12.2. The zero-order chi connectivity index (χ0) is 17.6. The van der Waals surface area contributed by atoms with Gasteiger partial charge in [0.05, 0.1) is 25.5 Å². The average Bonchev–Trinajstić information content (AvgIpc) is 3.10. The number of nitrogens with one attached hydrogen (secondary N) is 1. The highest BCUT2D eigenvalue weighted by Crippen LogP contribution is 2.38. The lowest BCUT2D eigenvalue weighted by molar-refractivity contribution is -0.123. The largest absolute Gasteiger partial charge is 0.495 e. The van der Waals surface area contributed by atoms with Gasteiger partial charge in [0.15, 0.2) is 0 Å². The van der Waals surface area contributed by atoms with Gasteiger partial charge in [-0.2, -0.15) is 0 Å². The van der Waals surface area contributed by atoms with Crippen molar-refractivity contribution in [3.05, 3.63) is 30.4 Å². The fourth-order valence-electron chi connectivity index (χ4n) is 3.02. The zero-order valence-electron chi connectivity index (χ0n) is 14.1. The molecule has 1 amide bonds. The van der Waals surface area contributed by atoms with Crippen molar-refractivity contribution in [3.8, 4) is 5.75 Å². The van der Waals surface area contributed by atoms with Gasteiger partial charge in [-0.3, -0.25) is 9.78 Å². The van der Waals surface area contributed by atoms with Crippen LogP contribution in [0.15, 0.2) is 24.8 Å². The van der Waals surface area contributed by atoms with Gasteiger partial charge >= 0.3 is 0 Å². The van der Waals surface area contributed by atoms with Gasteiger partial charge in [-0.15, -0.1) is 5.10 Å². The molecule has 2 aromatic heterocycles. The van der Waals surface area contributed by atoms with Gasteiger partial charge in [-0.25, -0.2) is 4.68 Å². The number of carbonyl (C=O) groups excluding carboxylic acids is 1. The lowest BCUT2D eigenvalue weighted by Crippen LogP contribution is -2.41. The van der Waals surface area contributed by atoms with E-state index in [9.17, 15) is 9.90 Å². The Hall–Kier alpha value is -2.55. The molecule has 3 rings (SSSR count). The predicted octanol–water partition coefficient (Wildman–Crippen LogP) is 0.485. The maximum absolute atomic E-state index is 12.3. The first kappa shape index (κ1) is 17.3. The molecular weight excluding hydrogens is 324 g/mol. The van der Waals surface area contributed by atoms with Crippen molar-refractivity contribution in [1.29, 1.82) is 0 Å². The van der Waals surface area contributed by atoms with E-state index in [1.807, 2.05) is 6.07 Å². The number of aryl methyl sites for hydroxylation is 1. The molecular formula is C16H22N6O3. The van der Waals surface area contributed by atoms with Gasteiger partial charge in [-0.1, -0.05) is 0 Å². The van der Waals surface area contributed by atoms with Crippen molar-refractivity contribution in [2.24, 2.45) is 5.92 Å². The summed E-state index contributed by atoms with van der Waals surface area (Å²) in [5.41, 5.74) is 0.894. The second kappa shape index (κ2) is 8.02. The Labute approximate surface area is 145 Å². The molecule has 0 aromatic carbocycles. The summed E-state index contributed by atoms with van der Waals surface area (Å²) in [6.45, 7) is 0.591. The Balaban J connectivity index is 1.60. The number of carbonyl (C=O) groups is 1. The van der Waals surface area contributed by atoms with E-state index in [0.29, 0.717) is 38.0 Å². The van der Waals surface area contributed by atoms with Gasteiger partial charge in [0.25, 0.3) is 0 Å². The minimum absolute atomic E-state index is 0.0396. The maximum Gasteiger partial charge on any atom is 0.220 e. The summed E-state index contributed by atoms with van der Waals surface area (Å²) < 4.78 is 6.82. The smallest absolute Gasteiger partial charge is 0.220 e. The summed E-state index contributed by atoms with van der Waals surface area (Å²) >= 11 is 0. The highest BCUT2D eigenvalue weighted by Gasteiger charge is 2.35. The Morgan fingerprint density at radius 1 is 1.48 bits per heavy atom. The molecule has 1 aliphatic rings. The molecule has 2 aromatic rings. The molecule has 2 N–H and O–H groups in total. The molecule has 9 heteroatoms. The fraction of sp³-hybridized carbons (Fsp3) is 0.562. The van der Waals surface area contributed by atoms with E-state index in [2.05, 4.69) is 25.8 Å². The maximum atomic E-state index is 12.3. The van der Waals surface area contributed by atoms with Gasteiger partial charge in [0.2, 0.25) is 5.91 Å². The van der Waals surface area contributed by atoms with Crippen LogP contribution in [-0.2, 0) is 11.3 Å². The molecule has 0 radical (unpaired) electrons. The summed E-state index contributed by atoms with van der Waals surface area (Å²) in [6.07, 6.45) is 6.97. The van der Waals surface area contributed by atoms with Crippen molar-refractivity contribution < 1.29 is 14.6 Å². The number of tetrazole rings is 1. The third-order valence-corrected chi connectivity index (χ3v) is 4.45. The monoisotopic (exact) mass is 346 g/mol. The topological polar surface area (TPSA) is 115 Å². The van der Waals surface area contributed by atoms with E-state index in [4.69, 9.17) is 4.74 Å². The number of nitrogens with zero attached hydrogens (tertiary/aromatic N) is 5. The molecule has 25 heavy (non-hydrogen) atoms.